The van der Waals surface area contributed by atoms with Gasteiger partial charge in [0.1, 0.15) is 5.54 Å². The first-order valence-corrected chi connectivity index (χ1v) is 13.0. The van der Waals surface area contributed by atoms with Crippen LogP contribution in [0.3, 0.4) is 0 Å². The first kappa shape index (κ1) is 23.7. The average Bonchev–Trinajstić information content (AvgIpc) is 2.61. The number of hydrogen-bond donors (Lipinski definition) is 1. The first-order chi connectivity index (χ1) is 14.5. The summed E-state index contributed by atoms with van der Waals surface area (Å²) in [6, 6.07) is 5.81. The lowest BCUT2D eigenvalue weighted by Crippen LogP contribution is -2.70. The van der Waals surface area contributed by atoms with E-state index in [1.54, 1.807) is 6.92 Å². The number of carbonyl (C=O) groups is 2. The number of piperazine rings is 1. The molecule has 2 amide bonds. The van der Waals surface area contributed by atoms with E-state index in [1.165, 1.54) is 24.2 Å². The number of hydrogen-bond acceptors (Lipinski definition) is 4. The molecule has 1 atom stereocenters. The van der Waals surface area contributed by atoms with Gasteiger partial charge in [0.15, 0.2) is 0 Å². The van der Waals surface area contributed by atoms with Crippen LogP contribution in [0.1, 0.15) is 63.0 Å². The van der Waals surface area contributed by atoms with Gasteiger partial charge in [0, 0.05) is 18.3 Å². The summed E-state index contributed by atoms with van der Waals surface area (Å²) in [5, 5.41) is 3.16. The van der Waals surface area contributed by atoms with Gasteiger partial charge >= 0.3 is 0 Å². The number of benzene rings is 1. The van der Waals surface area contributed by atoms with Gasteiger partial charge in [-0.15, -0.1) is 0 Å². The average molecular weight is 450 g/mol. The topological polar surface area (TPSA) is 86.8 Å². The van der Waals surface area contributed by atoms with Gasteiger partial charge in [-0.3, -0.25) is 14.5 Å². The molecule has 1 N–H and O–H groups in total. The van der Waals surface area contributed by atoms with Crippen LogP contribution in [-0.2, 0) is 19.6 Å². The van der Waals surface area contributed by atoms with Crippen LogP contribution in [0.25, 0.3) is 0 Å². The minimum atomic E-state index is -3.62. The molecule has 0 bridgehead atoms. The molecule has 0 radical (unpaired) electrons. The van der Waals surface area contributed by atoms with Crippen molar-refractivity contribution in [2.24, 2.45) is 0 Å². The van der Waals surface area contributed by atoms with E-state index in [9.17, 15) is 18.0 Å². The van der Waals surface area contributed by atoms with Gasteiger partial charge in [0.2, 0.25) is 21.8 Å². The van der Waals surface area contributed by atoms with Gasteiger partial charge < -0.3 is 5.32 Å². The van der Waals surface area contributed by atoms with Crippen LogP contribution in [-0.4, -0.2) is 55.5 Å². The molecule has 8 heteroatoms. The van der Waals surface area contributed by atoms with Crippen molar-refractivity contribution in [1.29, 1.82) is 0 Å². The van der Waals surface area contributed by atoms with Crippen molar-refractivity contribution in [3.63, 3.8) is 0 Å². The second-order valence-electron chi connectivity index (χ2n) is 9.40. The highest BCUT2D eigenvalue weighted by molar-refractivity contribution is 7.88. The van der Waals surface area contributed by atoms with Crippen LogP contribution < -0.4 is 10.2 Å². The molecule has 1 saturated heterocycles. The Hall–Kier alpha value is -1.93. The fourth-order valence-electron chi connectivity index (χ4n) is 4.82. The third-order valence-electron chi connectivity index (χ3n) is 6.40. The smallest absolute Gasteiger partial charge is 0.247 e. The summed E-state index contributed by atoms with van der Waals surface area (Å²) in [6.07, 6.45) is 8.60. The maximum atomic E-state index is 13.6. The monoisotopic (exact) mass is 449 g/mol. The highest BCUT2D eigenvalue weighted by Crippen LogP contribution is 2.32. The largest absolute Gasteiger partial charge is 0.351 e. The lowest BCUT2D eigenvalue weighted by molar-refractivity contribution is -0.133. The minimum absolute atomic E-state index is 0.0504. The van der Waals surface area contributed by atoms with Crippen LogP contribution in [0.2, 0.25) is 0 Å². The van der Waals surface area contributed by atoms with Crippen molar-refractivity contribution in [3.8, 4) is 0 Å². The Bertz CT molecular complexity index is 918. The fraction of sp³-hybridized carbons (Fsp3) is 0.652. The molecule has 0 unspecified atom stereocenters. The predicted octanol–water partition coefficient (Wildman–Crippen LogP) is 2.90. The third-order valence-corrected chi connectivity index (χ3v) is 7.60. The molecule has 1 aliphatic carbocycles. The molecule has 1 saturated carbocycles. The summed E-state index contributed by atoms with van der Waals surface area (Å²) >= 11 is 0. The Labute approximate surface area is 186 Å². The second-order valence-corrected chi connectivity index (χ2v) is 11.4. The van der Waals surface area contributed by atoms with Gasteiger partial charge in [-0.1, -0.05) is 38.2 Å². The lowest BCUT2D eigenvalue weighted by atomic mass is 9.91. The van der Waals surface area contributed by atoms with Gasteiger partial charge in [-0.25, -0.2) is 8.42 Å². The van der Waals surface area contributed by atoms with Crippen molar-refractivity contribution < 1.29 is 18.0 Å². The molecular weight excluding hydrogens is 414 g/mol. The Balaban J connectivity index is 1.97. The fourth-order valence-corrected chi connectivity index (χ4v) is 5.66. The number of rotatable bonds is 4. The van der Waals surface area contributed by atoms with E-state index in [1.807, 2.05) is 32.0 Å². The maximum Gasteiger partial charge on any atom is 0.247 e. The van der Waals surface area contributed by atoms with Crippen molar-refractivity contribution in [1.82, 2.24) is 9.62 Å². The van der Waals surface area contributed by atoms with Crippen LogP contribution in [0.5, 0.6) is 0 Å². The summed E-state index contributed by atoms with van der Waals surface area (Å²) in [4.78, 5) is 28.4. The van der Waals surface area contributed by atoms with Crippen molar-refractivity contribution in [2.75, 3.05) is 24.2 Å². The predicted molar refractivity (Wildman–Crippen MR) is 122 cm³/mol. The van der Waals surface area contributed by atoms with Crippen molar-refractivity contribution >= 4 is 27.5 Å². The molecule has 2 fully saturated rings. The van der Waals surface area contributed by atoms with Gasteiger partial charge in [-0.2, -0.15) is 4.31 Å². The van der Waals surface area contributed by atoms with Crippen LogP contribution in [0.4, 0.5) is 5.69 Å². The molecule has 172 valence electrons. The summed E-state index contributed by atoms with van der Waals surface area (Å²) < 4.78 is 25.7. The molecule has 0 aromatic heterocycles. The quantitative estimate of drug-likeness (QED) is 0.766. The molecule has 1 aromatic rings. The van der Waals surface area contributed by atoms with E-state index in [0.29, 0.717) is 5.69 Å². The Morgan fingerprint density at radius 2 is 1.58 bits per heavy atom. The molecule has 0 spiro atoms. The number of aryl methyl sites for hydroxylation is 2. The maximum absolute atomic E-state index is 13.6. The molecule has 3 rings (SSSR count). The zero-order chi connectivity index (χ0) is 22.8. The number of nitrogens with zero attached hydrogens (tertiary/aromatic N) is 2. The van der Waals surface area contributed by atoms with E-state index in [-0.39, 0.29) is 25.0 Å². The Morgan fingerprint density at radius 1 is 1.03 bits per heavy atom. The van der Waals surface area contributed by atoms with Crippen molar-refractivity contribution in [2.45, 2.75) is 77.3 Å². The standard InChI is InChI=1S/C23H35N3O4S/c1-17-12-18(2)14-20(13-17)26-21(27)15-25(31(4,29)30)16-23(26,3)22(28)24-19-10-8-6-5-7-9-11-19/h12-14,19H,5-11,15-16H2,1-4H3,(H,24,28)/t23-/m0/s1. The number of anilines is 1. The number of nitrogens with one attached hydrogen (secondary N) is 1. The lowest BCUT2D eigenvalue weighted by Gasteiger charge is -2.47. The normalized spacial score (nSPS) is 24.5. The van der Waals surface area contributed by atoms with E-state index in [2.05, 4.69) is 5.32 Å². The number of sulfonamides is 1. The zero-order valence-corrected chi connectivity index (χ0v) is 19.9. The molecule has 2 aliphatic rings. The highest BCUT2D eigenvalue weighted by atomic mass is 32.2. The Morgan fingerprint density at radius 3 is 2.13 bits per heavy atom. The highest BCUT2D eigenvalue weighted by Gasteiger charge is 2.50. The molecule has 1 aliphatic heterocycles. The van der Waals surface area contributed by atoms with Crippen LogP contribution in [0.15, 0.2) is 18.2 Å². The first-order valence-electron chi connectivity index (χ1n) is 11.2. The zero-order valence-electron chi connectivity index (χ0n) is 19.1. The molecule has 31 heavy (non-hydrogen) atoms. The summed E-state index contributed by atoms with van der Waals surface area (Å²) in [5.74, 6) is -0.684. The van der Waals surface area contributed by atoms with Crippen LogP contribution in [0, 0.1) is 13.8 Å². The van der Waals surface area contributed by atoms with E-state index < -0.39 is 21.5 Å². The molecule has 1 heterocycles. The van der Waals surface area contributed by atoms with Crippen molar-refractivity contribution in [3.05, 3.63) is 29.3 Å². The minimum Gasteiger partial charge on any atom is -0.351 e. The third kappa shape index (κ3) is 5.47. The number of carbonyl (C=O) groups excluding carboxylic acids is 2. The molecule has 1 aromatic carbocycles. The molecule has 7 nitrogen and oxygen atoms in total. The summed E-state index contributed by atoms with van der Waals surface area (Å²) in [5.41, 5.74) is 1.26. The van der Waals surface area contributed by atoms with Gasteiger partial charge in [0.05, 0.1) is 12.8 Å². The van der Waals surface area contributed by atoms with E-state index in [4.69, 9.17) is 0 Å². The summed E-state index contributed by atoms with van der Waals surface area (Å²) in [6.45, 7) is 5.23. The van der Waals surface area contributed by atoms with Gasteiger partial charge in [0.25, 0.3) is 0 Å². The summed E-state index contributed by atoms with van der Waals surface area (Å²) in [7, 11) is -3.62. The second kappa shape index (κ2) is 9.28. The Kier molecular flexibility index (Phi) is 7.11. The molecular formula is C23H35N3O4S. The number of amides is 2. The van der Waals surface area contributed by atoms with Crippen LogP contribution >= 0.6 is 0 Å². The van der Waals surface area contributed by atoms with E-state index >= 15 is 0 Å². The van der Waals surface area contributed by atoms with Gasteiger partial charge in [-0.05, 0) is 56.9 Å². The SMILES string of the molecule is Cc1cc(C)cc(N2C(=O)CN(S(C)(=O)=O)C[C@@]2(C)C(=O)NC2CCCCCCC2)c1. The van der Waals surface area contributed by atoms with E-state index in [0.717, 1.165) is 47.4 Å².